The Morgan fingerprint density at radius 3 is 2.00 bits per heavy atom. The quantitative estimate of drug-likeness (QED) is 0.677. The Morgan fingerprint density at radius 2 is 1.38 bits per heavy atom. The summed E-state index contributed by atoms with van der Waals surface area (Å²) in [5.41, 5.74) is 1.31. The first-order valence-electron chi connectivity index (χ1n) is 10.2. The molecule has 3 aromatic rings. The van der Waals surface area contributed by atoms with Crippen molar-refractivity contribution in [1.82, 2.24) is 0 Å². The van der Waals surface area contributed by atoms with Crippen LogP contribution in [-0.2, 0) is 10.3 Å². The molecule has 0 radical (unpaired) electrons. The molecular weight excluding hydrogens is 365 g/mol. The van der Waals surface area contributed by atoms with Crippen molar-refractivity contribution in [3.63, 3.8) is 0 Å². The first-order valence-corrected chi connectivity index (χ1v) is 10.2. The number of halogens is 1. The SMILES string of the molecule is O[C@](c1ccccc1)(c1ccc(F)cc1)[C@H](C[NH+]1CCOCC1)c1ccccc1. The van der Waals surface area contributed by atoms with E-state index < -0.39 is 5.60 Å². The molecule has 3 nitrogen and oxygen atoms in total. The maximum atomic E-state index is 13.7. The van der Waals surface area contributed by atoms with Crippen LogP contribution in [0.1, 0.15) is 22.6 Å². The molecule has 2 N–H and O–H groups in total. The lowest BCUT2D eigenvalue weighted by Crippen LogP contribution is -3.14. The van der Waals surface area contributed by atoms with Gasteiger partial charge in [-0.05, 0) is 28.8 Å². The monoisotopic (exact) mass is 392 g/mol. The molecule has 0 spiro atoms. The lowest BCUT2D eigenvalue weighted by molar-refractivity contribution is -0.910. The molecule has 1 aliphatic heterocycles. The van der Waals surface area contributed by atoms with Crippen LogP contribution in [0.5, 0.6) is 0 Å². The van der Waals surface area contributed by atoms with Gasteiger partial charge in [0.05, 0.1) is 25.7 Å². The van der Waals surface area contributed by atoms with Crippen LogP contribution < -0.4 is 4.90 Å². The summed E-state index contributed by atoms with van der Waals surface area (Å²) >= 11 is 0. The van der Waals surface area contributed by atoms with Gasteiger partial charge in [0.1, 0.15) is 24.5 Å². The summed E-state index contributed by atoms with van der Waals surface area (Å²) in [6, 6.07) is 26.1. The van der Waals surface area contributed by atoms with E-state index >= 15 is 0 Å². The minimum absolute atomic E-state index is 0.190. The van der Waals surface area contributed by atoms with Gasteiger partial charge in [-0.1, -0.05) is 72.8 Å². The standard InChI is InChI=1S/C25H26FNO2/c26-23-13-11-22(12-14-23)25(28,21-9-5-2-6-10-21)24(20-7-3-1-4-8-20)19-27-15-17-29-18-16-27/h1-14,24,28H,15-19H2/p+1/t24-,25-/m1/s1. The van der Waals surface area contributed by atoms with Crippen LogP contribution in [0.25, 0.3) is 0 Å². The summed E-state index contributed by atoms with van der Waals surface area (Å²) in [6.07, 6.45) is 0. The number of benzene rings is 3. The van der Waals surface area contributed by atoms with Crippen LogP contribution in [0.15, 0.2) is 84.9 Å². The summed E-state index contributed by atoms with van der Waals surface area (Å²) < 4.78 is 19.2. The van der Waals surface area contributed by atoms with Crippen molar-refractivity contribution in [3.8, 4) is 0 Å². The number of ether oxygens (including phenoxy) is 1. The average Bonchev–Trinajstić information content (AvgIpc) is 2.79. The second-order valence-corrected chi connectivity index (χ2v) is 7.67. The molecule has 4 rings (SSSR count). The smallest absolute Gasteiger partial charge is 0.127 e. The zero-order chi connectivity index (χ0) is 20.1. The lowest BCUT2D eigenvalue weighted by Gasteiger charge is -2.39. The summed E-state index contributed by atoms with van der Waals surface area (Å²) in [5.74, 6) is -0.496. The molecule has 1 heterocycles. The zero-order valence-electron chi connectivity index (χ0n) is 16.4. The van der Waals surface area contributed by atoms with Gasteiger partial charge in [0.25, 0.3) is 0 Å². The molecule has 1 saturated heterocycles. The zero-order valence-corrected chi connectivity index (χ0v) is 16.4. The van der Waals surface area contributed by atoms with E-state index in [4.69, 9.17) is 4.74 Å². The minimum Gasteiger partial charge on any atom is -0.380 e. The van der Waals surface area contributed by atoms with E-state index in [0.29, 0.717) is 5.56 Å². The molecule has 4 heteroatoms. The van der Waals surface area contributed by atoms with E-state index in [0.717, 1.165) is 44.0 Å². The number of rotatable bonds is 6. The Morgan fingerprint density at radius 1 is 0.828 bits per heavy atom. The van der Waals surface area contributed by atoms with Gasteiger partial charge in [-0.15, -0.1) is 0 Å². The van der Waals surface area contributed by atoms with Gasteiger partial charge < -0.3 is 14.7 Å². The van der Waals surface area contributed by atoms with Crippen molar-refractivity contribution in [1.29, 1.82) is 0 Å². The van der Waals surface area contributed by atoms with Crippen molar-refractivity contribution in [3.05, 3.63) is 107 Å². The van der Waals surface area contributed by atoms with Gasteiger partial charge in [0.15, 0.2) is 0 Å². The maximum Gasteiger partial charge on any atom is 0.127 e. The Hall–Kier alpha value is -2.53. The molecule has 2 atom stereocenters. The van der Waals surface area contributed by atoms with Gasteiger partial charge in [0, 0.05) is 0 Å². The molecule has 0 aliphatic carbocycles. The highest BCUT2D eigenvalue weighted by Gasteiger charge is 2.43. The topological polar surface area (TPSA) is 33.9 Å². The molecule has 29 heavy (non-hydrogen) atoms. The minimum atomic E-state index is -1.28. The number of hydrogen-bond acceptors (Lipinski definition) is 2. The molecule has 0 amide bonds. The van der Waals surface area contributed by atoms with Crippen LogP contribution in [0, 0.1) is 5.82 Å². The summed E-state index contributed by atoms with van der Waals surface area (Å²) in [4.78, 5) is 1.40. The molecule has 0 bridgehead atoms. The van der Waals surface area contributed by atoms with Gasteiger partial charge in [-0.25, -0.2) is 4.39 Å². The maximum absolute atomic E-state index is 13.7. The van der Waals surface area contributed by atoms with Crippen LogP contribution in [0.3, 0.4) is 0 Å². The fourth-order valence-corrected chi connectivity index (χ4v) is 4.31. The summed E-state index contributed by atoms with van der Waals surface area (Å²) in [5, 5.41) is 12.3. The van der Waals surface area contributed by atoms with E-state index in [9.17, 15) is 9.50 Å². The first-order chi connectivity index (χ1) is 14.2. The van der Waals surface area contributed by atoms with E-state index in [1.807, 2.05) is 48.5 Å². The number of morpholine rings is 1. The van der Waals surface area contributed by atoms with Gasteiger partial charge in [0.2, 0.25) is 0 Å². The van der Waals surface area contributed by atoms with Gasteiger partial charge >= 0.3 is 0 Å². The lowest BCUT2D eigenvalue weighted by atomic mass is 9.72. The van der Waals surface area contributed by atoms with E-state index in [2.05, 4.69) is 12.1 Å². The Labute approximate surface area is 171 Å². The van der Waals surface area contributed by atoms with E-state index in [1.165, 1.54) is 17.0 Å². The summed E-state index contributed by atoms with van der Waals surface area (Å²) in [6.45, 7) is 4.06. The van der Waals surface area contributed by atoms with Gasteiger partial charge in [-0.2, -0.15) is 0 Å². The third-order valence-electron chi connectivity index (χ3n) is 5.90. The number of hydrogen-bond donors (Lipinski definition) is 2. The molecule has 1 aliphatic rings. The van der Waals surface area contributed by atoms with Crippen molar-refractivity contribution < 1.29 is 19.1 Å². The fraction of sp³-hybridized carbons (Fsp3) is 0.280. The molecule has 1 fully saturated rings. The summed E-state index contributed by atoms with van der Waals surface area (Å²) in [7, 11) is 0. The highest BCUT2D eigenvalue weighted by molar-refractivity contribution is 5.42. The molecule has 0 saturated carbocycles. The van der Waals surface area contributed by atoms with Crippen molar-refractivity contribution in [2.75, 3.05) is 32.8 Å². The highest BCUT2D eigenvalue weighted by Crippen LogP contribution is 2.42. The molecular formula is C25H27FNO2+. The Bertz CT molecular complexity index is 895. The molecule has 0 unspecified atom stereocenters. The van der Waals surface area contributed by atoms with Crippen LogP contribution in [0.4, 0.5) is 4.39 Å². The average molecular weight is 392 g/mol. The van der Waals surface area contributed by atoms with Crippen molar-refractivity contribution in [2.24, 2.45) is 0 Å². The van der Waals surface area contributed by atoms with Crippen LogP contribution in [0.2, 0.25) is 0 Å². The predicted molar refractivity (Wildman–Crippen MR) is 111 cm³/mol. The van der Waals surface area contributed by atoms with Gasteiger partial charge in [-0.3, -0.25) is 0 Å². The van der Waals surface area contributed by atoms with Crippen molar-refractivity contribution in [2.45, 2.75) is 11.5 Å². The molecule has 150 valence electrons. The Kier molecular flexibility index (Phi) is 6.05. The second kappa shape index (κ2) is 8.87. The van der Waals surface area contributed by atoms with Crippen molar-refractivity contribution >= 4 is 0 Å². The second-order valence-electron chi connectivity index (χ2n) is 7.67. The van der Waals surface area contributed by atoms with E-state index in [-0.39, 0.29) is 11.7 Å². The highest BCUT2D eigenvalue weighted by atomic mass is 19.1. The fourth-order valence-electron chi connectivity index (χ4n) is 4.31. The molecule has 0 aromatic heterocycles. The van der Waals surface area contributed by atoms with Crippen LogP contribution in [-0.4, -0.2) is 38.0 Å². The van der Waals surface area contributed by atoms with Crippen LogP contribution >= 0.6 is 0 Å². The largest absolute Gasteiger partial charge is 0.380 e. The number of aliphatic hydroxyl groups is 1. The van der Waals surface area contributed by atoms with E-state index in [1.54, 1.807) is 12.1 Å². The first kappa shape index (κ1) is 19.8. The Balaban J connectivity index is 1.84. The third kappa shape index (κ3) is 4.25. The normalized spacial score (nSPS) is 18.1. The number of nitrogens with one attached hydrogen (secondary N) is 1. The number of quaternary nitrogens is 1. The third-order valence-corrected chi connectivity index (χ3v) is 5.90. The predicted octanol–water partition coefficient (Wildman–Crippen LogP) is 2.76. The molecule has 3 aromatic carbocycles.